The molecular weight excluding hydrogens is 360 g/mol. The van der Waals surface area contributed by atoms with E-state index in [2.05, 4.69) is 20.9 Å². The maximum absolute atomic E-state index is 12.2. The van der Waals surface area contributed by atoms with E-state index in [1.807, 2.05) is 19.1 Å². The van der Waals surface area contributed by atoms with Crippen LogP contribution in [-0.4, -0.2) is 40.6 Å². The van der Waals surface area contributed by atoms with Crippen molar-refractivity contribution in [1.82, 2.24) is 15.6 Å². The molecule has 3 heterocycles. The molecule has 0 unspecified atom stereocenters. The first-order valence-electron chi connectivity index (χ1n) is 7.95. The van der Waals surface area contributed by atoms with E-state index in [0.29, 0.717) is 24.6 Å². The molecule has 2 aromatic heterocycles. The Morgan fingerprint density at radius 3 is 2.88 bits per heavy atom. The number of aliphatic hydroxyl groups is 1. The van der Waals surface area contributed by atoms with Crippen molar-refractivity contribution in [2.75, 3.05) is 11.9 Å². The van der Waals surface area contributed by atoms with Gasteiger partial charge in [-0.3, -0.25) is 9.59 Å². The molecule has 0 aliphatic carbocycles. The monoisotopic (exact) mass is 380 g/mol. The molecule has 9 heteroatoms. The van der Waals surface area contributed by atoms with E-state index >= 15 is 0 Å². The summed E-state index contributed by atoms with van der Waals surface area (Å²) in [6.45, 7) is 4.40. The van der Waals surface area contributed by atoms with Crippen molar-refractivity contribution in [2.45, 2.75) is 39.0 Å². The number of nitrogens with zero attached hydrogens (tertiary/aromatic N) is 1. The Kier molecular flexibility index (Phi) is 5.48. The topological polar surface area (TPSA) is 103 Å². The molecule has 7 nitrogen and oxygen atoms in total. The van der Waals surface area contributed by atoms with Crippen LogP contribution < -0.4 is 16.0 Å². The summed E-state index contributed by atoms with van der Waals surface area (Å²) in [5, 5.41) is 18.7. The van der Waals surface area contributed by atoms with Crippen LogP contribution >= 0.6 is 22.7 Å². The lowest BCUT2D eigenvalue weighted by molar-refractivity contribution is -0.119. The molecule has 1 saturated heterocycles. The largest absolute Gasteiger partial charge is 0.392 e. The summed E-state index contributed by atoms with van der Waals surface area (Å²) in [4.78, 5) is 30.8. The van der Waals surface area contributed by atoms with Crippen LogP contribution in [0.1, 0.15) is 23.1 Å². The molecule has 2 aromatic rings. The Balaban J connectivity index is 1.68. The zero-order valence-electron chi connectivity index (χ0n) is 14.0. The second-order valence-corrected chi connectivity index (χ2v) is 8.31. The molecule has 4 N–H and O–H groups in total. The van der Waals surface area contributed by atoms with E-state index in [4.69, 9.17) is 0 Å². The lowest BCUT2D eigenvalue weighted by Gasteiger charge is -2.08. The van der Waals surface area contributed by atoms with Gasteiger partial charge in [-0.1, -0.05) is 0 Å². The summed E-state index contributed by atoms with van der Waals surface area (Å²) in [6, 6.07) is 3.56. The zero-order chi connectivity index (χ0) is 18.0. The number of carbonyl (C=O) groups is 2. The quantitative estimate of drug-likeness (QED) is 0.629. The highest BCUT2D eigenvalue weighted by Crippen LogP contribution is 2.34. The second-order valence-electron chi connectivity index (χ2n) is 5.94. The molecule has 0 saturated carbocycles. The van der Waals surface area contributed by atoms with Crippen molar-refractivity contribution < 1.29 is 14.7 Å². The minimum absolute atomic E-state index is 0.0598. The molecule has 2 atom stereocenters. The number of nitrogens with one attached hydrogen (secondary N) is 3. The number of hydrogen-bond donors (Lipinski definition) is 4. The van der Waals surface area contributed by atoms with Crippen LogP contribution in [0.4, 0.5) is 5.13 Å². The fourth-order valence-corrected chi connectivity index (χ4v) is 4.49. The third kappa shape index (κ3) is 4.43. The average molecular weight is 380 g/mol. The van der Waals surface area contributed by atoms with Crippen LogP contribution in [0.5, 0.6) is 0 Å². The Bertz CT molecular complexity index is 786. The van der Waals surface area contributed by atoms with Crippen molar-refractivity contribution in [2.24, 2.45) is 0 Å². The van der Waals surface area contributed by atoms with Crippen LogP contribution in [0.3, 0.4) is 0 Å². The van der Waals surface area contributed by atoms with E-state index < -0.39 is 6.10 Å². The van der Waals surface area contributed by atoms with E-state index in [9.17, 15) is 14.7 Å². The second kappa shape index (κ2) is 7.61. The molecule has 0 bridgehead atoms. The highest BCUT2D eigenvalue weighted by molar-refractivity contribution is 7.18. The fourth-order valence-electron chi connectivity index (χ4n) is 2.60. The van der Waals surface area contributed by atoms with E-state index in [1.54, 1.807) is 11.3 Å². The van der Waals surface area contributed by atoms with Crippen LogP contribution in [0, 0.1) is 6.92 Å². The summed E-state index contributed by atoms with van der Waals surface area (Å²) < 4.78 is 0. The summed E-state index contributed by atoms with van der Waals surface area (Å²) in [5.74, 6) is -0.232. The van der Waals surface area contributed by atoms with E-state index in [1.165, 1.54) is 18.3 Å². The molecule has 1 fully saturated rings. The lowest BCUT2D eigenvalue weighted by Crippen LogP contribution is -2.35. The first-order chi connectivity index (χ1) is 11.9. The summed E-state index contributed by atoms with van der Waals surface area (Å²) >= 11 is 3.00. The van der Waals surface area contributed by atoms with Gasteiger partial charge in [-0.15, -0.1) is 22.7 Å². The Labute approximate surface area is 153 Å². The molecule has 1 aliphatic heterocycles. The van der Waals surface area contributed by atoms with E-state index in [0.717, 1.165) is 20.3 Å². The Morgan fingerprint density at radius 1 is 1.40 bits per heavy atom. The number of thiazole rings is 1. The standard InChI is InChI=1S/C16H20N4O3S2/c1-8-14(13-4-3-11(25-13)7-17-9(2)21)19-16(24-8)20-15(23)12-5-10(22)6-18-12/h3-4,10,12,18,22H,5-7H2,1-2H3,(H,17,21)(H,19,20,23)/t10-,12+/m0/s1. The first-order valence-corrected chi connectivity index (χ1v) is 9.59. The molecule has 0 aromatic carbocycles. The average Bonchev–Trinajstić information content (AvgIpc) is 3.25. The van der Waals surface area contributed by atoms with Crippen LogP contribution in [0.25, 0.3) is 10.6 Å². The van der Waals surface area contributed by atoms with Gasteiger partial charge in [0.2, 0.25) is 11.8 Å². The number of amides is 2. The Morgan fingerprint density at radius 2 is 2.20 bits per heavy atom. The van der Waals surface area contributed by atoms with Gasteiger partial charge >= 0.3 is 0 Å². The number of hydrogen-bond acceptors (Lipinski definition) is 7. The van der Waals surface area contributed by atoms with Gasteiger partial charge in [0.15, 0.2) is 5.13 Å². The molecule has 0 radical (unpaired) electrons. The van der Waals surface area contributed by atoms with Crippen molar-refractivity contribution in [3.63, 3.8) is 0 Å². The smallest absolute Gasteiger partial charge is 0.243 e. The maximum atomic E-state index is 12.2. The zero-order valence-corrected chi connectivity index (χ0v) is 15.6. The van der Waals surface area contributed by atoms with Gasteiger partial charge in [-0.25, -0.2) is 4.98 Å². The lowest BCUT2D eigenvalue weighted by atomic mass is 10.2. The summed E-state index contributed by atoms with van der Waals surface area (Å²) in [5.41, 5.74) is 0.846. The predicted molar refractivity (Wildman–Crippen MR) is 98.7 cm³/mol. The van der Waals surface area contributed by atoms with Crippen molar-refractivity contribution in [1.29, 1.82) is 0 Å². The van der Waals surface area contributed by atoms with Gasteiger partial charge in [-0.05, 0) is 25.5 Å². The highest BCUT2D eigenvalue weighted by Gasteiger charge is 2.28. The summed E-state index contributed by atoms with van der Waals surface area (Å²) in [7, 11) is 0. The van der Waals surface area contributed by atoms with Crippen LogP contribution in [0.15, 0.2) is 12.1 Å². The molecule has 1 aliphatic rings. The SMILES string of the molecule is CC(=O)NCc1ccc(-c2nc(NC(=O)[C@H]3C[C@H](O)CN3)sc2C)s1. The molecule has 2 amide bonds. The van der Waals surface area contributed by atoms with Gasteiger partial charge in [0.25, 0.3) is 0 Å². The number of β-amino-alcohol motifs (C(OH)–C–C–N with tert-alkyl or cyclic N) is 1. The third-order valence-electron chi connectivity index (χ3n) is 3.86. The van der Waals surface area contributed by atoms with Gasteiger partial charge in [0.05, 0.1) is 29.3 Å². The first kappa shape index (κ1) is 18.0. The summed E-state index contributed by atoms with van der Waals surface area (Å²) in [6.07, 6.45) is -0.0574. The molecule has 134 valence electrons. The maximum Gasteiger partial charge on any atom is 0.243 e. The number of aryl methyl sites for hydroxylation is 1. The minimum atomic E-state index is -0.475. The van der Waals surface area contributed by atoms with Gasteiger partial charge in [0.1, 0.15) is 0 Å². The number of rotatable bonds is 5. The van der Waals surface area contributed by atoms with Crippen molar-refractivity contribution in [3.05, 3.63) is 21.9 Å². The van der Waals surface area contributed by atoms with Gasteiger partial charge < -0.3 is 21.1 Å². The normalized spacial score (nSPS) is 19.8. The number of thiophene rings is 1. The minimum Gasteiger partial charge on any atom is -0.392 e. The number of anilines is 1. The number of aromatic nitrogens is 1. The molecule has 0 spiro atoms. The fraction of sp³-hybridized carbons (Fsp3) is 0.438. The van der Waals surface area contributed by atoms with Gasteiger partial charge in [-0.2, -0.15) is 0 Å². The Hall–Kier alpha value is -1.81. The highest BCUT2D eigenvalue weighted by atomic mass is 32.1. The van der Waals surface area contributed by atoms with Crippen LogP contribution in [0.2, 0.25) is 0 Å². The van der Waals surface area contributed by atoms with Gasteiger partial charge in [0, 0.05) is 23.2 Å². The van der Waals surface area contributed by atoms with Crippen molar-refractivity contribution in [3.8, 4) is 10.6 Å². The third-order valence-corrected chi connectivity index (χ3v) is 5.84. The number of carbonyl (C=O) groups excluding carboxylic acids is 2. The molecular formula is C16H20N4O3S2. The van der Waals surface area contributed by atoms with E-state index in [-0.39, 0.29) is 17.9 Å². The van der Waals surface area contributed by atoms with Crippen molar-refractivity contribution >= 4 is 39.6 Å². The van der Waals surface area contributed by atoms with Crippen LogP contribution in [-0.2, 0) is 16.1 Å². The molecule has 3 rings (SSSR count). The predicted octanol–water partition coefficient (Wildman–Crippen LogP) is 1.48. The number of aliphatic hydroxyl groups excluding tert-OH is 1. The molecule has 25 heavy (non-hydrogen) atoms.